The molecule has 37 heteroatoms. The highest BCUT2D eigenvalue weighted by Gasteiger charge is 2.53. The molecule has 0 saturated heterocycles. The molecule has 0 spiro atoms. The van der Waals surface area contributed by atoms with E-state index in [1.807, 2.05) is 45.0 Å². The molecule has 2 rings (SSSR count). The highest BCUT2D eigenvalue weighted by atomic mass is 28.4. The fourth-order valence-electron chi connectivity index (χ4n) is 8.44. The van der Waals surface area contributed by atoms with Crippen LogP contribution in [0.15, 0.2) is 60.7 Å². The predicted molar refractivity (Wildman–Crippen MR) is 340 cm³/mol. The van der Waals surface area contributed by atoms with Crippen LogP contribution in [-0.2, 0) is 133 Å². The van der Waals surface area contributed by atoms with Gasteiger partial charge in [-0.3, -0.25) is 67.1 Å². The third kappa shape index (κ3) is 36.5. The van der Waals surface area contributed by atoms with Crippen molar-refractivity contribution in [1.82, 2.24) is 0 Å². The number of carbonyl (C=O) groups is 14. The molecule has 0 aliphatic carbocycles. The fraction of sp³-hybridized carbons (Fsp3) is 0.600. The molecule has 0 atom stereocenters. The number of ether oxygens (including phenoxy) is 13. The number of hydrogen-bond acceptors (Lipinski definition) is 36. The van der Waals surface area contributed by atoms with Crippen molar-refractivity contribution >= 4 is 102 Å². The van der Waals surface area contributed by atoms with Gasteiger partial charge in [-0.25, -0.2) is 0 Å². The van der Waals surface area contributed by atoms with Crippen LogP contribution in [0.3, 0.4) is 0 Å². The Morgan fingerprint density at radius 1 is 0.265 bits per heavy atom. The molecular weight excluding hydrogens is 1380 g/mol. The highest BCUT2D eigenvalue weighted by molar-refractivity contribution is 7.00. The molecular formula is C65H90O36Si. The third-order valence-corrected chi connectivity index (χ3v) is 18.7. The minimum absolute atomic E-state index is 0.548. The van der Waals surface area contributed by atoms with Crippen molar-refractivity contribution in [3.8, 4) is 0 Å². The summed E-state index contributed by atoms with van der Waals surface area (Å²) in [5.41, 5.74) is 0. The topological polar surface area (TPSA) is 530 Å². The van der Waals surface area contributed by atoms with Crippen LogP contribution in [0.1, 0.15) is 111 Å². The van der Waals surface area contributed by atoms with Crippen molar-refractivity contribution in [3.63, 3.8) is 0 Å². The lowest BCUT2D eigenvalue weighted by Crippen LogP contribution is -2.67. The molecule has 102 heavy (non-hydrogen) atoms. The number of aliphatic hydroxyl groups excluding tert-OH is 8. The van der Waals surface area contributed by atoms with Gasteiger partial charge >= 0.3 is 85.9 Å². The van der Waals surface area contributed by atoms with E-state index in [-0.39, 0.29) is 0 Å². The van der Waals surface area contributed by atoms with Crippen LogP contribution in [0.2, 0.25) is 5.04 Å². The quantitative estimate of drug-likeness (QED) is 0.0187. The van der Waals surface area contributed by atoms with Gasteiger partial charge in [-0.2, -0.15) is 0 Å². The molecule has 0 radical (unpaired) electrons. The van der Waals surface area contributed by atoms with E-state index >= 15 is 0 Å². The van der Waals surface area contributed by atoms with Crippen molar-refractivity contribution in [1.29, 1.82) is 0 Å². The largest absolute Gasteiger partial charge is 0.510 e. The van der Waals surface area contributed by atoms with Crippen molar-refractivity contribution in [2.75, 3.05) is 92.5 Å². The zero-order valence-corrected chi connectivity index (χ0v) is 57.6. The molecule has 2 aromatic carbocycles. The summed E-state index contributed by atoms with van der Waals surface area (Å²) in [5.74, 6) is -14.9. The summed E-state index contributed by atoms with van der Waals surface area (Å²) < 4.78 is 72.5. The molecule has 0 saturated carbocycles. The van der Waals surface area contributed by atoms with Crippen LogP contribution in [-0.4, -0.2) is 268 Å². The summed E-state index contributed by atoms with van der Waals surface area (Å²) in [7, 11) is -3.47. The SMILES string of the molecule is CC(C)(C)[Si](OC(=O)CCC(=O)OC(COC(=O)CCC(=O)OC(COC(=O)CCC(=O)OC(CO)CO)COC(=O)CCC(=O)OC(CO)CO)COC(=O)CCC(=O)OC(COC(=O)CCC(=O)OC(CO)CO)COC(=O)CCC(=O)OC(CO)CO)(c1ccccc1)c1ccccc1. The molecule has 0 bridgehead atoms. The maximum atomic E-state index is 13.9. The molecule has 0 heterocycles. The van der Waals surface area contributed by atoms with Crippen LogP contribution in [0, 0.1) is 0 Å². The van der Waals surface area contributed by atoms with E-state index < -0.39 is 322 Å². The Bertz CT molecular complexity index is 2690. The molecule has 0 aromatic heterocycles. The van der Waals surface area contributed by atoms with E-state index in [4.69, 9.17) is 107 Å². The van der Waals surface area contributed by atoms with Crippen LogP contribution in [0.25, 0.3) is 0 Å². The summed E-state index contributed by atoms with van der Waals surface area (Å²) in [6.07, 6.45) is -19.1. The van der Waals surface area contributed by atoms with Gasteiger partial charge in [0.25, 0.3) is 5.97 Å². The van der Waals surface area contributed by atoms with Crippen molar-refractivity contribution < 1.29 is 174 Å². The van der Waals surface area contributed by atoms with E-state index in [9.17, 15) is 67.1 Å². The highest BCUT2D eigenvalue weighted by Crippen LogP contribution is 2.37. The maximum absolute atomic E-state index is 13.9. The van der Waals surface area contributed by atoms with E-state index in [2.05, 4.69) is 0 Å². The molecule has 0 unspecified atom stereocenters. The summed E-state index contributed by atoms with van der Waals surface area (Å²) in [6.45, 7) is -5.10. The Kier molecular flexibility index (Phi) is 43.2. The summed E-state index contributed by atoms with van der Waals surface area (Å²) >= 11 is 0. The van der Waals surface area contributed by atoms with E-state index in [1.165, 1.54) is 0 Å². The van der Waals surface area contributed by atoms with Crippen molar-refractivity contribution in [2.45, 2.75) is 158 Å². The molecule has 0 fully saturated rings. The summed E-state index contributed by atoms with van der Waals surface area (Å²) in [4.78, 5) is 179. The van der Waals surface area contributed by atoms with Gasteiger partial charge in [-0.1, -0.05) is 81.4 Å². The Morgan fingerprint density at radius 2 is 0.431 bits per heavy atom. The lowest BCUT2D eigenvalue weighted by molar-refractivity contribution is -0.171. The monoisotopic (exact) mass is 1470 g/mol. The van der Waals surface area contributed by atoms with Crippen molar-refractivity contribution in [3.05, 3.63) is 60.7 Å². The number of hydrogen-bond donors (Lipinski definition) is 8. The second-order valence-electron chi connectivity index (χ2n) is 23.0. The van der Waals surface area contributed by atoms with Crippen LogP contribution in [0.5, 0.6) is 0 Å². The fourth-order valence-corrected chi connectivity index (χ4v) is 12.8. The number of benzene rings is 2. The Labute approximate surface area is 586 Å². The first-order valence-electron chi connectivity index (χ1n) is 32.1. The predicted octanol–water partition coefficient (Wildman–Crippen LogP) is -2.87. The molecule has 0 aliphatic heterocycles. The zero-order valence-electron chi connectivity index (χ0n) is 56.6. The van der Waals surface area contributed by atoms with Gasteiger partial charge in [0.2, 0.25) is 0 Å². The molecule has 2 aromatic rings. The maximum Gasteiger partial charge on any atom is 0.323 e. The first kappa shape index (κ1) is 89.0. The number of esters is 13. The summed E-state index contributed by atoms with van der Waals surface area (Å²) in [5, 5.41) is 74.1. The summed E-state index contributed by atoms with van der Waals surface area (Å²) in [6, 6.07) is 18.1. The Hall–Kier alpha value is -9.08. The van der Waals surface area contributed by atoms with Crippen LogP contribution >= 0.6 is 0 Å². The van der Waals surface area contributed by atoms with E-state index in [1.54, 1.807) is 36.4 Å². The van der Waals surface area contributed by atoms with E-state index in [0.29, 0.717) is 0 Å². The Balaban J connectivity index is 2.31. The molecule has 0 amide bonds. The number of carbonyl (C=O) groups excluding carboxylic acids is 14. The third-order valence-electron chi connectivity index (χ3n) is 13.7. The average molecular weight is 1480 g/mol. The minimum atomic E-state index is -3.47. The normalized spacial score (nSPS) is 11.4. The molecule has 8 N–H and O–H groups in total. The van der Waals surface area contributed by atoms with Crippen LogP contribution < -0.4 is 10.4 Å². The zero-order chi connectivity index (χ0) is 76.0. The van der Waals surface area contributed by atoms with E-state index in [0.717, 1.165) is 10.4 Å². The second kappa shape index (κ2) is 49.5. The molecule has 570 valence electrons. The van der Waals surface area contributed by atoms with Gasteiger partial charge in [0.1, 0.15) is 64.1 Å². The first-order valence-corrected chi connectivity index (χ1v) is 34.0. The van der Waals surface area contributed by atoms with Gasteiger partial charge in [0.15, 0.2) is 18.3 Å². The average Bonchev–Trinajstić information content (AvgIpc) is 0.746. The number of aliphatic hydroxyl groups is 8. The lowest BCUT2D eigenvalue weighted by atomic mass is 10.2. The van der Waals surface area contributed by atoms with Gasteiger partial charge in [-0.15, -0.1) is 0 Å². The van der Waals surface area contributed by atoms with Crippen LogP contribution in [0.4, 0.5) is 0 Å². The molecule has 36 nitrogen and oxygen atoms in total. The standard InChI is InChI=1S/C65H90O36Si/c1-65(2,3)102(49-10-6-4-7-11-49,50-12-8-5-9-13-50)101-64(87)27-26-63(86)100-48(40-92-55(78)18-24-61(84)98-46(36-88-51(74)14-20-57(80)94-42(28-66)29-67)37-89-52(75)15-21-58(81)95-43(30-68)31-69)41-93-56(79)19-25-62(85)99-47(38-90-53(76)16-22-59(82)96-44(32-70)33-71)39-91-54(77)17-23-60(83)97-45(34-72)35-73/h4-13,42-48,66-73H,14-41H2,1-3H3. The first-order chi connectivity index (χ1) is 48.6. The van der Waals surface area contributed by atoms with Gasteiger partial charge in [-0.05, 0) is 15.4 Å². The van der Waals surface area contributed by atoms with Gasteiger partial charge in [0, 0.05) is 0 Å². The minimum Gasteiger partial charge on any atom is -0.510 e. The number of rotatable bonds is 51. The second-order valence-corrected chi connectivity index (χ2v) is 27.2. The molecule has 0 aliphatic rings. The lowest BCUT2D eigenvalue weighted by Gasteiger charge is -2.42. The van der Waals surface area contributed by atoms with Crippen molar-refractivity contribution in [2.24, 2.45) is 0 Å². The van der Waals surface area contributed by atoms with Gasteiger partial charge < -0.3 is 107 Å². The smallest absolute Gasteiger partial charge is 0.323 e. The van der Waals surface area contributed by atoms with Gasteiger partial charge in [0.05, 0.1) is 143 Å². The Morgan fingerprint density at radius 3 is 0.608 bits per heavy atom.